The highest BCUT2D eigenvalue weighted by Crippen LogP contribution is 2.24. The maximum absolute atomic E-state index is 13.8. The van der Waals surface area contributed by atoms with Crippen LogP contribution >= 0.6 is 12.2 Å². The van der Waals surface area contributed by atoms with Gasteiger partial charge in [0.15, 0.2) is 11.6 Å². The van der Waals surface area contributed by atoms with E-state index in [4.69, 9.17) is 21.7 Å². The van der Waals surface area contributed by atoms with Crippen molar-refractivity contribution in [2.24, 2.45) is 0 Å². The minimum atomic E-state index is -0.365. The second kappa shape index (κ2) is 7.22. The number of anilines is 1. The Morgan fingerprint density at radius 1 is 1.23 bits per heavy atom. The standard InChI is InChI=1S/C17H18FNO2S/c1-11-7-8-16(14(18)9-11)21-10-13-12(2)5-4-6-15(13)19-17(22)20-3/h4-9H,10H2,1-3H3,(H,19,22). The lowest BCUT2D eigenvalue weighted by atomic mass is 10.1. The number of ether oxygens (including phenoxy) is 2. The summed E-state index contributed by atoms with van der Waals surface area (Å²) in [4.78, 5) is 0. The molecule has 0 amide bonds. The molecule has 0 radical (unpaired) electrons. The van der Waals surface area contributed by atoms with Crippen molar-refractivity contribution >= 4 is 23.1 Å². The first-order valence-electron chi connectivity index (χ1n) is 6.83. The van der Waals surface area contributed by atoms with Gasteiger partial charge in [0, 0.05) is 11.3 Å². The number of hydrogen-bond acceptors (Lipinski definition) is 3. The molecule has 0 bridgehead atoms. The van der Waals surface area contributed by atoms with E-state index < -0.39 is 0 Å². The Hall–Kier alpha value is -2.14. The van der Waals surface area contributed by atoms with Crippen LogP contribution in [-0.2, 0) is 11.3 Å². The molecule has 0 aliphatic rings. The summed E-state index contributed by atoms with van der Waals surface area (Å²) in [6.07, 6.45) is 0. The summed E-state index contributed by atoms with van der Waals surface area (Å²) >= 11 is 5.02. The highest BCUT2D eigenvalue weighted by Gasteiger charge is 2.10. The van der Waals surface area contributed by atoms with Crippen molar-refractivity contribution in [1.82, 2.24) is 0 Å². The minimum Gasteiger partial charge on any atom is -0.486 e. The molecule has 2 aromatic rings. The predicted molar refractivity (Wildman–Crippen MR) is 89.9 cm³/mol. The van der Waals surface area contributed by atoms with Gasteiger partial charge in [-0.2, -0.15) is 0 Å². The van der Waals surface area contributed by atoms with E-state index in [1.807, 2.05) is 38.1 Å². The van der Waals surface area contributed by atoms with Crippen LogP contribution in [0.4, 0.5) is 10.1 Å². The normalized spacial score (nSPS) is 10.2. The van der Waals surface area contributed by atoms with Crippen LogP contribution in [0.1, 0.15) is 16.7 Å². The first-order valence-corrected chi connectivity index (χ1v) is 7.24. The van der Waals surface area contributed by atoms with Gasteiger partial charge in [0.2, 0.25) is 0 Å². The number of hydrogen-bond donors (Lipinski definition) is 1. The lowest BCUT2D eigenvalue weighted by Crippen LogP contribution is -2.13. The molecule has 0 fully saturated rings. The minimum absolute atomic E-state index is 0.231. The maximum Gasteiger partial charge on any atom is 0.260 e. The van der Waals surface area contributed by atoms with Gasteiger partial charge in [0.05, 0.1) is 7.11 Å². The van der Waals surface area contributed by atoms with Gasteiger partial charge in [-0.05, 0) is 55.4 Å². The molecule has 5 heteroatoms. The molecular weight excluding hydrogens is 301 g/mol. The lowest BCUT2D eigenvalue weighted by Gasteiger charge is -2.15. The van der Waals surface area contributed by atoms with Crippen LogP contribution in [0.15, 0.2) is 36.4 Å². The van der Waals surface area contributed by atoms with Crippen LogP contribution in [0.25, 0.3) is 0 Å². The Bertz CT molecular complexity index is 688. The van der Waals surface area contributed by atoms with E-state index in [9.17, 15) is 4.39 Å². The fourth-order valence-electron chi connectivity index (χ4n) is 2.04. The highest BCUT2D eigenvalue weighted by molar-refractivity contribution is 7.80. The van der Waals surface area contributed by atoms with Gasteiger partial charge in [0.25, 0.3) is 5.17 Å². The van der Waals surface area contributed by atoms with E-state index in [2.05, 4.69) is 5.32 Å². The average molecular weight is 319 g/mol. The third-order valence-corrected chi connectivity index (χ3v) is 3.56. The maximum atomic E-state index is 13.8. The molecule has 0 heterocycles. The monoisotopic (exact) mass is 319 g/mol. The van der Waals surface area contributed by atoms with E-state index in [-0.39, 0.29) is 23.3 Å². The molecule has 116 valence electrons. The molecule has 2 rings (SSSR count). The third kappa shape index (κ3) is 3.95. The van der Waals surface area contributed by atoms with Gasteiger partial charge in [-0.1, -0.05) is 18.2 Å². The molecule has 3 nitrogen and oxygen atoms in total. The smallest absolute Gasteiger partial charge is 0.260 e. The first kappa shape index (κ1) is 16.2. The second-order valence-corrected chi connectivity index (χ2v) is 5.31. The van der Waals surface area contributed by atoms with Gasteiger partial charge in [-0.25, -0.2) is 4.39 Å². The van der Waals surface area contributed by atoms with E-state index in [0.717, 1.165) is 22.4 Å². The molecule has 0 aliphatic carbocycles. The Balaban J connectivity index is 2.19. The number of rotatable bonds is 4. The van der Waals surface area contributed by atoms with Crippen LogP contribution in [0.2, 0.25) is 0 Å². The van der Waals surface area contributed by atoms with Crippen molar-refractivity contribution in [2.75, 3.05) is 12.4 Å². The topological polar surface area (TPSA) is 30.5 Å². The second-order valence-electron chi connectivity index (χ2n) is 4.94. The molecule has 0 saturated heterocycles. The fourth-order valence-corrected chi connectivity index (χ4v) is 2.15. The van der Waals surface area contributed by atoms with Crippen molar-refractivity contribution in [2.45, 2.75) is 20.5 Å². The molecule has 0 spiro atoms. The van der Waals surface area contributed by atoms with Crippen LogP contribution in [0.5, 0.6) is 5.75 Å². The van der Waals surface area contributed by atoms with Gasteiger partial charge in [-0.3, -0.25) is 0 Å². The summed E-state index contributed by atoms with van der Waals surface area (Å²) in [5, 5.41) is 3.27. The summed E-state index contributed by atoms with van der Waals surface area (Å²) in [6, 6.07) is 10.7. The van der Waals surface area contributed by atoms with E-state index in [0.29, 0.717) is 0 Å². The lowest BCUT2D eigenvalue weighted by molar-refractivity contribution is 0.290. The van der Waals surface area contributed by atoms with Gasteiger partial charge >= 0.3 is 0 Å². The summed E-state index contributed by atoms with van der Waals surface area (Å²) in [7, 11) is 1.50. The van der Waals surface area contributed by atoms with E-state index in [1.54, 1.807) is 6.07 Å². The first-order chi connectivity index (χ1) is 10.5. The van der Waals surface area contributed by atoms with Gasteiger partial charge in [-0.15, -0.1) is 0 Å². The summed E-state index contributed by atoms with van der Waals surface area (Å²) in [5.74, 6) is -0.135. The quantitative estimate of drug-likeness (QED) is 0.848. The van der Waals surface area contributed by atoms with Crippen LogP contribution in [0, 0.1) is 19.7 Å². The van der Waals surface area contributed by atoms with Gasteiger partial charge < -0.3 is 14.8 Å². The number of aryl methyl sites for hydroxylation is 2. The number of benzene rings is 2. The molecule has 1 N–H and O–H groups in total. The summed E-state index contributed by atoms with van der Waals surface area (Å²) in [6.45, 7) is 4.04. The van der Waals surface area contributed by atoms with Crippen LogP contribution in [0.3, 0.4) is 0 Å². The molecule has 0 unspecified atom stereocenters. The van der Waals surface area contributed by atoms with Crippen molar-refractivity contribution in [1.29, 1.82) is 0 Å². The Morgan fingerprint density at radius 2 is 2.00 bits per heavy atom. The summed E-state index contributed by atoms with van der Waals surface area (Å²) in [5.41, 5.74) is 3.58. The zero-order valence-electron chi connectivity index (χ0n) is 12.8. The number of thiocarbonyl (C=S) groups is 1. The highest BCUT2D eigenvalue weighted by atomic mass is 32.1. The Labute approximate surface area is 135 Å². The number of halogens is 1. The molecule has 2 aromatic carbocycles. The van der Waals surface area contributed by atoms with Crippen LogP contribution in [-0.4, -0.2) is 12.3 Å². The van der Waals surface area contributed by atoms with Crippen molar-refractivity contribution < 1.29 is 13.9 Å². The molecule has 0 saturated carbocycles. The van der Waals surface area contributed by atoms with Crippen molar-refractivity contribution in [3.8, 4) is 5.75 Å². The van der Waals surface area contributed by atoms with Crippen LogP contribution < -0.4 is 10.1 Å². The van der Waals surface area contributed by atoms with Gasteiger partial charge in [0.1, 0.15) is 6.61 Å². The average Bonchev–Trinajstić information content (AvgIpc) is 2.48. The summed E-state index contributed by atoms with van der Waals surface area (Å²) < 4.78 is 24.4. The Kier molecular flexibility index (Phi) is 5.33. The predicted octanol–water partition coefficient (Wildman–Crippen LogP) is 4.36. The zero-order chi connectivity index (χ0) is 16.1. The fraction of sp³-hybridized carbons (Fsp3) is 0.235. The number of nitrogens with one attached hydrogen (secondary N) is 1. The molecule has 0 aromatic heterocycles. The third-order valence-electron chi connectivity index (χ3n) is 3.29. The zero-order valence-corrected chi connectivity index (χ0v) is 13.6. The molecule has 0 aliphatic heterocycles. The van der Waals surface area contributed by atoms with E-state index in [1.165, 1.54) is 13.2 Å². The molecule has 22 heavy (non-hydrogen) atoms. The van der Waals surface area contributed by atoms with E-state index >= 15 is 0 Å². The molecule has 0 atom stereocenters. The Morgan fingerprint density at radius 3 is 2.68 bits per heavy atom. The van der Waals surface area contributed by atoms with Crippen molar-refractivity contribution in [3.63, 3.8) is 0 Å². The SMILES string of the molecule is COC(=S)Nc1cccc(C)c1COc1ccc(C)cc1F. The largest absolute Gasteiger partial charge is 0.486 e. The number of methoxy groups -OCH3 is 1. The van der Waals surface area contributed by atoms with Crippen molar-refractivity contribution in [3.05, 3.63) is 58.9 Å². The molecular formula is C17H18FNO2S.